The summed E-state index contributed by atoms with van der Waals surface area (Å²) in [6.07, 6.45) is 6.38. The van der Waals surface area contributed by atoms with Crippen LogP contribution in [0, 0.1) is 0 Å². The van der Waals surface area contributed by atoms with E-state index in [1.165, 1.54) is 38.8 Å². The molecule has 2 heterocycles. The Morgan fingerprint density at radius 3 is 2.67 bits per heavy atom. The van der Waals surface area contributed by atoms with E-state index in [2.05, 4.69) is 15.1 Å². The van der Waals surface area contributed by atoms with Gasteiger partial charge in [0.1, 0.15) is 0 Å². The van der Waals surface area contributed by atoms with Gasteiger partial charge < -0.3 is 15.1 Å². The smallest absolute Gasteiger partial charge is 0.219 e. The Labute approximate surface area is 111 Å². The van der Waals surface area contributed by atoms with Crippen molar-refractivity contribution in [2.75, 3.05) is 39.3 Å². The topological polar surface area (TPSA) is 35.6 Å². The highest BCUT2D eigenvalue weighted by Gasteiger charge is 2.23. The number of carbonyl (C=O) groups excluding carboxylic acids is 1. The summed E-state index contributed by atoms with van der Waals surface area (Å²) in [7, 11) is 0. The molecule has 0 spiro atoms. The maximum absolute atomic E-state index is 11.8. The first-order valence-corrected chi connectivity index (χ1v) is 7.47. The van der Waals surface area contributed by atoms with E-state index < -0.39 is 0 Å². The van der Waals surface area contributed by atoms with E-state index >= 15 is 0 Å². The molecule has 2 saturated heterocycles. The molecule has 0 aromatic heterocycles. The van der Waals surface area contributed by atoms with Crippen LogP contribution in [0.3, 0.4) is 0 Å². The van der Waals surface area contributed by atoms with E-state index in [0.29, 0.717) is 6.04 Å². The summed E-state index contributed by atoms with van der Waals surface area (Å²) >= 11 is 0. The van der Waals surface area contributed by atoms with Crippen LogP contribution in [0.1, 0.15) is 39.0 Å². The molecule has 0 radical (unpaired) electrons. The molecule has 2 fully saturated rings. The van der Waals surface area contributed by atoms with Crippen LogP contribution in [0.5, 0.6) is 0 Å². The van der Waals surface area contributed by atoms with Gasteiger partial charge in [0.2, 0.25) is 5.91 Å². The zero-order valence-electron chi connectivity index (χ0n) is 11.7. The Morgan fingerprint density at radius 1 is 1.28 bits per heavy atom. The van der Waals surface area contributed by atoms with Crippen LogP contribution < -0.4 is 5.32 Å². The third-order valence-electron chi connectivity index (χ3n) is 4.22. The summed E-state index contributed by atoms with van der Waals surface area (Å²) in [6.45, 7) is 8.18. The largest absolute Gasteiger partial charge is 0.337 e. The first-order chi connectivity index (χ1) is 8.77. The number of nitrogens with zero attached hydrogens (tertiary/aromatic N) is 2. The minimum atomic E-state index is 0.237. The lowest BCUT2D eigenvalue weighted by atomic mass is 10.1. The fourth-order valence-corrected chi connectivity index (χ4v) is 3.13. The third kappa shape index (κ3) is 3.95. The predicted octanol–water partition coefficient (Wildman–Crippen LogP) is 1.07. The average molecular weight is 253 g/mol. The SMILES string of the molecule is CC(=O)N(CCN1CCCCC1)C1CCCNC1. The maximum Gasteiger partial charge on any atom is 0.219 e. The van der Waals surface area contributed by atoms with Gasteiger partial charge in [-0.3, -0.25) is 4.79 Å². The standard InChI is InChI=1S/C14H27N3O/c1-13(18)17(14-6-5-7-15-12-14)11-10-16-8-3-2-4-9-16/h14-15H,2-12H2,1H3. The molecular formula is C14H27N3O. The van der Waals surface area contributed by atoms with Gasteiger partial charge in [0.05, 0.1) is 0 Å². The van der Waals surface area contributed by atoms with Crippen LogP contribution in [0.4, 0.5) is 0 Å². The van der Waals surface area contributed by atoms with Crippen molar-refractivity contribution >= 4 is 5.91 Å². The predicted molar refractivity (Wildman–Crippen MR) is 73.6 cm³/mol. The van der Waals surface area contributed by atoms with E-state index in [-0.39, 0.29) is 5.91 Å². The van der Waals surface area contributed by atoms with Crippen molar-refractivity contribution in [3.63, 3.8) is 0 Å². The molecule has 0 saturated carbocycles. The molecule has 0 aliphatic carbocycles. The molecule has 1 atom stereocenters. The Hall–Kier alpha value is -0.610. The molecule has 1 N–H and O–H groups in total. The number of hydrogen-bond donors (Lipinski definition) is 1. The molecule has 0 aromatic carbocycles. The first-order valence-electron chi connectivity index (χ1n) is 7.47. The number of rotatable bonds is 4. The monoisotopic (exact) mass is 253 g/mol. The Balaban J connectivity index is 1.79. The van der Waals surface area contributed by atoms with Gasteiger partial charge in [-0.15, -0.1) is 0 Å². The number of amides is 1. The lowest BCUT2D eigenvalue weighted by molar-refractivity contribution is -0.131. The summed E-state index contributed by atoms with van der Waals surface area (Å²) in [5, 5.41) is 3.40. The third-order valence-corrected chi connectivity index (χ3v) is 4.22. The minimum absolute atomic E-state index is 0.237. The fourth-order valence-electron chi connectivity index (χ4n) is 3.13. The van der Waals surface area contributed by atoms with Crippen LogP contribution in [0.15, 0.2) is 0 Å². The van der Waals surface area contributed by atoms with Crippen LogP contribution in [-0.2, 0) is 4.79 Å². The zero-order chi connectivity index (χ0) is 12.8. The Bertz CT molecular complexity index is 258. The van der Waals surface area contributed by atoms with Crippen molar-refractivity contribution in [2.24, 2.45) is 0 Å². The molecule has 1 unspecified atom stereocenters. The summed E-state index contributed by atoms with van der Waals surface area (Å²) in [6, 6.07) is 0.418. The van der Waals surface area contributed by atoms with Gasteiger partial charge in [0.15, 0.2) is 0 Å². The van der Waals surface area contributed by atoms with Crippen molar-refractivity contribution in [2.45, 2.75) is 45.1 Å². The minimum Gasteiger partial charge on any atom is -0.337 e. The lowest BCUT2D eigenvalue weighted by Crippen LogP contribution is -2.50. The van der Waals surface area contributed by atoms with Crippen molar-refractivity contribution in [1.29, 1.82) is 0 Å². The number of likely N-dealkylation sites (tertiary alicyclic amines) is 1. The van der Waals surface area contributed by atoms with Crippen LogP contribution in [-0.4, -0.2) is 61.0 Å². The van der Waals surface area contributed by atoms with Gasteiger partial charge in [-0.25, -0.2) is 0 Å². The van der Waals surface area contributed by atoms with E-state index in [1.54, 1.807) is 6.92 Å². The second-order valence-corrected chi connectivity index (χ2v) is 5.61. The summed E-state index contributed by atoms with van der Waals surface area (Å²) < 4.78 is 0. The molecule has 4 heteroatoms. The normalized spacial score (nSPS) is 25.9. The highest BCUT2D eigenvalue weighted by molar-refractivity contribution is 5.73. The molecule has 104 valence electrons. The molecule has 2 aliphatic rings. The van der Waals surface area contributed by atoms with Crippen LogP contribution in [0.25, 0.3) is 0 Å². The Kier molecular flexibility index (Phi) is 5.45. The maximum atomic E-state index is 11.8. The summed E-state index contributed by atoms with van der Waals surface area (Å²) in [4.78, 5) is 16.4. The van der Waals surface area contributed by atoms with E-state index in [4.69, 9.17) is 0 Å². The molecule has 1 amide bonds. The molecule has 18 heavy (non-hydrogen) atoms. The van der Waals surface area contributed by atoms with Gasteiger partial charge in [0.25, 0.3) is 0 Å². The van der Waals surface area contributed by atoms with Gasteiger partial charge >= 0.3 is 0 Å². The number of carbonyl (C=O) groups is 1. The van der Waals surface area contributed by atoms with Gasteiger partial charge in [-0.1, -0.05) is 6.42 Å². The molecule has 0 aromatic rings. The number of piperidine rings is 2. The molecular weight excluding hydrogens is 226 g/mol. The summed E-state index contributed by atoms with van der Waals surface area (Å²) in [5.74, 6) is 0.237. The number of hydrogen-bond acceptors (Lipinski definition) is 3. The van der Waals surface area contributed by atoms with Crippen molar-refractivity contribution in [3.8, 4) is 0 Å². The molecule has 4 nitrogen and oxygen atoms in total. The summed E-state index contributed by atoms with van der Waals surface area (Å²) in [5.41, 5.74) is 0. The fraction of sp³-hybridized carbons (Fsp3) is 0.929. The highest BCUT2D eigenvalue weighted by Crippen LogP contribution is 2.12. The van der Waals surface area contributed by atoms with Gasteiger partial charge in [0, 0.05) is 32.6 Å². The van der Waals surface area contributed by atoms with E-state index in [9.17, 15) is 4.79 Å². The second kappa shape index (κ2) is 7.10. The van der Waals surface area contributed by atoms with Crippen molar-refractivity contribution in [3.05, 3.63) is 0 Å². The van der Waals surface area contributed by atoms with Crippen LogP contribution in [0.2, 0.25) is 0 Å². The Morgan fingerprint density at radius 2 is 2.06 bits per heavy atom. The quantitative estimate of drug-likeness (QED) is 0.814. The van der Waals surface area contributed by atoms with E-state index in [0.717, 1.165) is 32.6 Å². The zero-order valence-corrected chi connectivity index (χ0v) is 11.7. The average Bonchev–Trinajstić information content (AvgIpc) is 2.41. The molecule has 2 rings (SSSR count). The molecule has 0 bridgehead atoms. The first kappa shape index (κ1) is 13.8. The second-order valence-electron chi connectivity index (χ2n) is 5.61. The number of nitrogens with one attached hydrogen (secondary N) is 1. The van der Waals surface area contributed by atoms with Gasteiger partial charge in [-0.2, -0.15) is 0 Å². The van der Waals surface area contributed by atoms with Crippen molar-refractivity contribution < 1.29 is 4.79 Å². The lowest BCUT2D eigenvalue weighted by Gasteiger charge is -2.36. The van der Waals surface area contributed by atoms with E-state index in [1.807, 2.05) is 0 Å². The van der Waals surface area contributed by atoms with Crippen LogP contribution >= 0.6 is 0 Å². The van der Waals surface area contributed by atoms with Gasteiger partial charge in [-0.05, 0) is 45.3 Å². The highest BCUT2D eigenvalue weighted by atomic mass is 16.2. The molecule has 2 aliphatic heterocycles. The van der Waals surface area contributed by atoms with Crippen molar-refractivity contribution in [1.82, 2.24) is 15.1 Å².